The van der Waals surface area contributed by atoms with Crippen molar-refractivity contribution in [2.24, 2.45) is 0 Å². The topological polar surface area (TPSA) is 65.7 Å². The zero-order chi connectivity index (χ0) is 21.6. The van der Waals surface area contributed by atoms with E-state index < -0.39 is 0 Å². The van der Waals surface area contributed by atoms with E-state index in [0.29, 0.717) is 33.4 Å². The van der Waals surface area contributed by atoms with Gasteiger partial charge in [0, 0.05) is 5.56 Å². The number of hydrogen-bond acceptors (Lipinski definition) is 6. The number of unbranched alkanes of at least 4 members (excludes halogenated alkanes) is 3. The van der Waals surface area contributed by atoms with Crippen LogP contribution in [0.4, 0.5) is 0 Å². The van der Waals surface area contributed by atoms with Crippen LogP contribution in [-0.4, -0.2) is 28.3 Å². The Morgan fingerprint density at radius 1 is 1.06 bits per heavy atom. The lowest BCUT2D eigenvalue weighted by molar-refractivity contribution is 0.285. The summed E-state index contributed by atoms with van der Waals surface area (Å²) in [6, 6.07) is 15.3. The Balaban J connectivity index is 1.57. The molecular formula is C24H25N3O3S. The summed E-state index contributed by atoms with van der Waals surface area (Å²) >= 11 is 1.32. The van der Waals surface area contributed by atoms with Crippen molar-refractivity contribution in [1.29, 1.82) is 0 Å². The third kappa shape index (κ3) is 4.77. The summed E-state index contributed by atoms with van der Waals surface area (Å²) in [5, 5.41) is 4.39. The summed E-state index contributed by atoms with van der Waals surface area (Å²) in [7, 11) is 1.62. The van der Waals surface area contributed by atoms with Crippen molar-refractivity contribution < 1.29 is 9.47 Å². The molecule has 0 bridgehead atoms. The number of methoxy groups -OCH3 is 1. The number of thiazole rings is 1. The summed E-state index contributed by atoms with van der Waals surface area (Å²) in [6.45, 7) is 2.86. The quantitative estimate of drug-likeness (QED) is 0.366. The van der Waals surface area contributed by atoms with Crippen molar-refractivity contribution in [3.63, 3.8) is 0 Å². The lowest BCUT2D eigenvalue weighted by Crippen LogP contribution is -2.23. The molecule has 0 saturated heterocycles. The molecule has 6 nitrogen and oxygen atoms in total. The molecule has 0 spiro atoms. The second kappa shape index (κ2) is 9.75. The molecule has 160 valence electrons. The molecule has 2 aromatic heterocycles. The molecule has 0 radical (unpaired) electrons. The van der Waals surface area contributed by atoms with Crippen LogP contribution < -0.4 is 19.6 Å². The highest BCUT2D eigenvalue weighted by Crippen LogP contribution is 2.28. The van der Waals surface area contributed by atoms with Gasteiger partial charge in [-0.2, -0.15) is 9.50 Å². The van der Waals surface area contributed by atoms with Gasteiger partial charge in [0.1, 0.15) is 0 Å². The highest BCUT2D eigenvalue weighted by atomic mass is 32.1. The van der Waals surface area contributed by atoms with Gasteiger partial charge >= 0.3 is 0 Å². The van der Waals surface area contributed by atoms with Gasteiger partial charge in [-0.05, 0) is 30.2 Å². The molecule has 0 aliphatic heterocycles. The van der Waals surface area contributed by atoms with Gasteiger partial charge in [0.15, 0.2) is 17.3 Å². The first-order chi connectivity index (χ1) is 15.2. The van der Waals surface area contributed by atoms with E-state index in [4.69, 9.17) is 9.47 Å². The normalized spacial score (nSPS) is 11.9. The highest BCUT2D eigenvalue weighted by molar-refractivity contribution is 7.15. The Hall–Kier alpha value is -3.19. The van der Waals surface area contributed by atoms with Crippen molar-refractivity contribution in [1.82, 2.24) is 14.6 Å². The van der Waals surface area contributed by atoms with Crippen molar-refractivity contribution in [3.05, 3.63) is 69.0 Å². The molecule has 0 aliphatic carbocycles. The zero-order valence-corrected chi connectivity index (χ0v) is 18.5. The minimum atomic E-state index is -0.176. The Kier molecular flexibility index (Phi) is 6.62. The fraction of sp³-hybridized carbons (Fsp3) is 0.292. The maximum atomic E-state index is 12.8. The number of fused-ring (bicyclic) bond motifs is 1. The minimum Gasteiger partial charge on any atom is -0.493 e. The monoisotopic (exact) mass is 435 g/mol. The number of benzene rings is 2. The lowest BCUT2D eigenvalue weighted by atomic mass is 10.2. The minimum absolute atomic E-state index is 0.176. The summed E-state index contributed by atoms with van der Waals surface area (Å²) in [5.74, 6) is 1.92. The number of hydrogen-bond donors (Lipinski definition) is 0. The van der Waals surface area contributed by atoms with E-state index in [0.717, 1.165) is 24.0 Å². The first kappa shape index (κ1) is 21.1. The van der Waals surface area contributed by atoms with Gasteiger partial charge in [-0.25, -0.2) is 0 Å². The Bertz CT molecular complexity index is 1260. The third-order valence-electron chi connectivity index (χ3n) is 4.95. The Morgan fingerprint density at radius 2 is 1.90 bits per heavy atom. The molecule has 0 N–H and O–H groups in total. The summed E-state index contributed by atoms with van der Waals surface area (Å²) in [4.78, 5) is 17.9. The largest absolute Gasteiger partial charge is 0.493 e. The predicted octanol–water partition coefficient (Wildman–Crippen LogP) is 4.33. The van der Waals surface area contributed by atoms with Crippen LogP contribution in [0.5, 0.6) is 11.5 Å². The molecule has 0 amide bonds. The van der Waals surface area contributed by atoms with Crippen LogP contribution in [0.1, 0.15) is 38.2 Å². The number of rotatable bonds is 9. The fourth-order valence-corrected chi connectivity index (χ4v) is 4.21. The summed E-state index contributed by atoms with van der Waals surface area (Å²) in [5.41, 5.74) is 1.57. The van der Waals surface area contributed by atoms with Gasteiger partial charge in [-0.15, -0.1) is 5.10 Å². The predicted molar refractivity (Wildman–Crippen MR) is 124 cm³/mol. The Labute approximate surface area is 184 Å². The standard InChI is InChI=1S/C24H25N3O3S/c1-3-4-5-9-14-30-19-13-12-17(15-20(19)29-2)16-21-23(28)27-24(31-21)25-22(26-27)18-10-7-6-8-11-18/h6-8,10-13,15-16H,3-5,9,14H2,1-2H3/b21-16-. The van der Waals surface area contributed by atoms with Gasteiger partial charge in [0.05, 0.1) is 18.2 Å². The lowest BCUT2D eigenvalue weighted by Gasteiger charge is -2.11. The molecule has 2 heterocycles. The summed E-state index contributed by atoms with van der Waals surface area (Å²) in [6.07, 6.45) is 6.44. The average molecular weight is 436 g/mol. The van der Waals surface area contributed by atoms with Crippen LogP contribution in [0.25, 0.3) is 22.4 Å². The van der Waals surface area contributed by atoms with Gasteiger partial charge in [-0.1, -0.05) is 73.9 Å². The van der Waals surface area contributed by atoms with Crippen LogP contribution in [-0.2, 0) is 0 Å². The molecule has 2 aromatic carbocycles. The third-order valence-corrected chi connectivity index (χ3v) is 5.91. The van der Waals surface area contributed by atoms with Crippen LogP contribution in [0.15, 0.2) is 53.3 Å². The highest BCUT2D eigenvalue weighted by Gasteiger charge is 2.12. The molecule has 4 rings (SSSR count). The molecule has 0 saturated carbocycles. The van der Waals surface area contributed by atoms with E-state index in [-0.39, 0.29) is 5.56 Å². The van der Waals surface area contributed by atoms with Crippen molar-refractivity contribution in [2.75, 3.05) is 13.7 Å². The van der Waals surface area contributed by atoms with Crippen LogP contribution in [0, 0.1) is 0 Å². The number of aromatic nitrogens is 3. The van der Waals surface area contributed by atoms with Crippen LogP contribution in [0.2, 0.25) is 0 Å². The molecule has 0 fully saturated rings. The van der Waals surface area contributed by atoms with Gasteiger partial charge < -0.3 is 9.47 Å². The zero-order valence-electron chi connectivity index (χ0n) is 17.7. The van der Waals surface area contributed by atoms with Crippen molar-refractivity contribution in [2.45, 2.75) is 32.6 Å². The first-order valence-electron chi connectivity index (χ1n) is 10.5. The van der Waals surface area contributed by atoms with E-state index in [1.165, 1.54) is 28.7 Å². The first-order valence-corrected chi connectivity index (χ1v) is 11.3. The van der Waals surface area contributed by atoms with Crippen LogP contribution in [0.3, 0.4) is 0 Å². The van der Waals surface area contributed by atoms with Gasteiger partial charge in [-0.3, -0.25) is 4.79 Å². The molecule has 4 aromatic rings. The second-order valence-electron chi connectivity index (χ2n) is 7.23. The Morgan fingerprint density at radius 3 is 2.65 bits per heavy atom. The molecule has 31 heavy (non-hydrogen) atoms. The van der Waals surface area contributed by atoms with Gasteiger partial charge in [0.25, 0.3) is 5.56 Å². The molecular weight excluding hydrogens is 410 g/mol. The molecule has 0 aliphatic rings. The molecule has 0 unspecified atom stereocenters. The average Bonchev–Trinajstić information content (AvgIpc) is 3.34. The number of ether oxygens (including phenoxy) is 2. The SMILES string of the molecule is CCCCCCOc1ccc(/C=c2\sc3nc(-c4ccccc4)nn3c2=O)cc1OC. The summed E-state index contributed by atoms with van der Waals surface area (Å²) < 4.78 is 13.3. The molecule has 0 atom stereocenters. The van der Waals surface area contributed by atoms with E-state index >= 15 is 0 Å². The van der Waals surface area contributed by atoms with E-state index in [1.807, 2.05) is 54.6 Å². The van der Waals surface area contributed by atoms with Crippen molar-refractivity contribution >= 4 is 22.4 Å². The van der Waals surface area contributed by atoms with Crippen molar-refractivity contribution in [3.8, 4) is 22.9 Å². The maximum absolute atomic E-state index is 12.8. The van der Waals surface area contributed by atoms with E-state index in [1.54, 1.807) is 7.11 Å². The number of nitrogens with zero attached hydrogens (tertiary/aromatic N) is 3. The fourth-order valence-electron chi connectivity index (χ4n) is 3.30. The second-order valence-corrected chi connectivity index (χ2v) is 8.24. The van der Waals surface area contributed by atoms with Crippen LogP contribution >= 0.6 is 11.3 Å². The maximum Gasteiger partial charge on any atom is 0.291 e. The smallest absolute Gasteiger partial charge is 0.291 e. The van der Waals surface area contributed by atoms with E-state index in [2.05, 4.69) is 17.0 Å². The molecule has 7 heteroatoms. The van der Waals surface area contributed by atoms with Gasteiger partial charge in [0.2, 0.25) is 4.96 Å². The van der Waals surface area contributed by atoms with E-state index in [9.17, 15) is 4.79 Å².